The van der Waals surface area contributed by atoms with Gasteiger partial charge in [-0.3, -0.25) is 14.9 Å². The van der Waals surface area contributed by atoms with Gasteiger partial charge in [0.25, 0.3) is 5.72 Å². The van der Waals surface area contributed by atoms with Crippen LogP contribution >= 0.6 is 0 Å². The third-order valence-electron chi connectivity index (χ3n) is 4.77. The molecule has 10 nitrogen and oxygen atoms in total. The molecule has 10 heteroatoms. The summed E-state index contributed by atoms with van der Waals surface area (Å²) in [7, 11) is 0. The molecule has 0 bridgehead atoms. The third-order valence-corrected chi connectivity index (χ3v) is 4.77. The highest BCUT2D eigenvalue weighted by atomic mass is 16.8. The van der Waals surface area contributed by atoms with E-state index in [2.05, 4.69) is 5.32 Å². The van der Waals surface area contributed by atoms with Crippen LogP contribution < -0.4 is 14.8 Å². The van der Waals surface area contributed by atoms with Crippen LogP contribution in [-0.2, 0) is 30.3 Å². The third kappa shape index (κ3) is 13.0. The maximum Gasteiger partial charge on any atom is 0.511 e. The maximum absolute atomic E-state index is 12.7. The van der Waals surface area contributed by atoms with Crippen LogP contribution in [0.3, 0.4) is 0 Å². The molecular formula is C29H45NO9. The largest absolute Gasteiger partial charge is 0.511 e. The lowest BCUT2D eigenvalue weighted by Crippen LogP contribution is -2.59. The van der Waals surface area contributed by atoms with Crippen LogP contribution in [0.25, 0.3) is 0 Å². The van der Waals surface area contributed by atoms with Crippen LogP contribution in [0, 0.1) is 10.8 Å². The number of carbonyl (C=O) groups is 4. The lowest BCUT2D eigenvalue weighted by Gasteiger charge is -2.33. The number of carboxylic acid groups (broad SMARTS) is 1. The fourth-order valence-corrected chi connectivity index (χ4v) is 3.47. The summed E-state index contributed by atoms with van der Waals surface area (Å²) < 4.78 is 21.7. The van der Waals surface area contributed by atoms with Crippen molar-refractivity contribution in [3.8, 4) is 11.5 Å². The van der Waals surface area contributed by atoms with E-state index in [4.69, 9.17) is 18.9 Å². The second-order valence-corrected chi connectivity index (χ2v) is 13.4. The zero-order valence-electron chi connectivity index (χ0n) is 25.1. The van der Waals surface area contributed by atoms with Crippen LogP contribution in [0.1, 0.15) is 94.6 Å². The first-order valence-corrected chi connectivity index (χ1v) is 13.0. The molecule has 0 aromatic heterocycles. The molecule has 0 saturated carbocycles. The summed E-state index contributed by atoms with van der Waals surface area (Å²) in [6, 6.07) is 3.94. The Labute approximate surface area is 231 Å². The minimum Gasteiger partial charge on any atom is -0.477 e. The quantitative estimate of drug-likeness (QED) is 0.213. The molecule has 0 aliphatic rings. The molecule has 2 N–H and O–H groups in total. The van der Waals surface area contributed by atoms with Crippen molar-refractivity contribution >= 4 is 24.1 Å². The highest BCUT2D eigenvalue weighted by molar-refractivity contribution is 5.81. The van der Waals surface area contributed by atoms with Crippen molar-refractivity contribution in [1.82, 2.24) is 5.32 Å². The normalized spacial score (nSPS) is 13.8. The zero-order valence-corrected chi connectivity index (χ0v) is 25.1. The molecule has 1 atom stereocenters. The number of nitrogens with one attached hydrogen (secondary N) is 1. The van der Waals surface area contributed by atoms with Gasteiger partial charge < -0.3 is 24.1 Å². The number of ether oxygens (including phenoxy) is 4. The Kier molecular flexibility index (Phi) is 11.1. The molecule has 0 radical (unpaired) electrons. The Bertz CT molecular complexity index is 1040. The van der Waals surface area contributed by atoms with Gasteiger partial charge in [0.05, 0.1) is 12.8 Å². The van der Waals surface area contributed by atoms with Crippen molar-refractivity contribution < 1.29 is 43.2 Å². The molecule has 0 aliphatic heterocycles. The van der Waals surface area contributed by atoms with E-state index in [0.717, 1.165) is 0 Å². The first-order chi connectivity index (χ1) is 17.5. The second-order valence-electron chi connectivity index (χ2n) is 13.4. The van der Waals surface area contributed by atoms with E-state index in [-0.39, 0.29) is 41.6 Å². The van der Waals surface area contributed by atoms with Gasteiger partial charge in [-0.15, -0.1) is 0 Å². The molecule has 0 unspecified atom stereocenters. The number of aliphatic carboxylic acids is 1. The Hall–Kier alpha value is -3.14. The van der Waals surface area contributed by atoms with Crippen molar-refractivity contribution in [2.75, 3.05) is 0 Å². The predicted molar refractivity (Wildman–Crippen MR) is 146 cm³/mol. The van der Waals surface area contributed by atoms with Gasteiger partial charge in [-0.05, 0) is 63.1 Å². The molecule has 0 saturated heterocycles. The van der Waals surface area contributed by atoms with E-state index in [1.807, 2.05) is 41.5 Å². The minimum atomic E-state index is -2.20. The maximum atomic E-state index is 12.7. The van der Waals surface area contributed by atoms with Gasteiger partial charge >= 0.3 is 24.1 Å². The Morgan fingerprint density at radius 2 is 1.28 bits per heavy atom. The van der Waals surface area contributed by atoms with Crippen molar-refractivity contribution in [2.45, 2.75) is 113 Å². The number of carbonyl (C=O) groups excluding carboxylic acids is 3. The molecule has 39 heavy (non-hydrogen) atoms. The van der Waals surface area contributed by atoms with Gasteiger partial charge in [-0.2, -0.15) is 0 Å². The van der Waals surface area contributed by atoms with E-state index in [1.54, 1.807) is 34.6 Å². The van der Waals surface area contributed by atoms with Gasteiger partial charge in [0.15, 0.2) is 11.5 Å². The zero-order chi connectivity index (χ0) is 30.4. The van der Waals surface area contributed by atoms with Gasteiger partial charge in [0, 0.05) is 12.5 Å². The number of carboxylic acids is 1. The summed E-state index contributed by atoms with van der Waals surface area (Å²) >= 11 is 0. The first-order valence-electron chi connectivity index (χ1n) is 13.0. The lowest BCUT2D eigenvalue weighted by molar-refractivity contribution is -0.169. The lowest BCUT2D eigenvalue weighted by atomic mass is 9.92. The standard InChI is InChI=1S/C29H45NO9/c1-18(2)30-29(24(33)34,39-25(35)38-28(9,10)11)15-19-12-13-20(36-22(31)16-26(3,4)5)21(14-19)37-23(32)17-27(6,7)8/h12-14,18,30H,15-17H2,1-11H3,(H,33,34)/t29-/m0/s1. The summed E-state index contributed by atoms with van der Waals surface area (Å²) in [6.07, 6.45) is -1.31. The average Bonchev–Trinajstić information content (AvgIpc) is 2.64. The number of hydrogen-bond donors (Lipinski definition) is 2. The molecule has 1 rings (SSSR count). The van der Waals surface area contributed by atoms with Crippen LogP contribution in [0.15, 0.2) is 18.2 Å². The second kappa shape index (κ2) is 12.8. The predicted octanol–water partition coefficient (Wildman–Crippen LogP) is 5.64. The fourth-order valence-electron chi connectivity index (χ4n) is 3.47. The monoisotopic (exact) mass is 551 g/mol. The van der Waals surface area contributed by atoms with Crippen molar-refractivity contribution in [3.05, 3.63) is 23.8 Å². The van der Waals surface area contributed by atoms with Gasteiger partial charge in [0.2, 0.25) is 0 Å². The van der Waals surface area contributed by atoms with Crippen LogP contribution in [0.2, 0.25) is 0 Å². The number of esters is 2. The van der Waals surface area contributed by atoms with E-state index in [9.17, 15) is 24.3 Å². The molecule has 0 heterocycles. The number of hydrogen-bond acceptors (Lipinski definition) is 9. The first kappa shape index (κ1) is 33.9. The smallest absolute Gasteiger partial charge is 0.477 e. The van der Waals surface area contributed by atoms with E-state index < -0.39 is 41.4 Å². The van der Waals surface area contributed by atoms with E-state index in [0.29, 0.717) is 5.56 Å². The summed E-state index contributed by atoms with van der Waals surface area (Å²) in [5.41, 5.74) is -3.47. The summed E-state index contributed by atoms with van der Waals surface area (Å²) in [5.74, 6) is -2.55. The number of rotatable bonds is 10. The molecule has 1 aromatic carbocycles. The molecule has 0 amide bonds. The fraction of sp³-hybridized carbons (Fsp3) is 0.655. The SMILES string of the molecule is CC(C)N[C@@](Cc1ccc(OC(=O)CC(C)(C)C)c(OC(=O)CC(C)(C)C)c1)(OC(=O)OC(C)(C)C)C(=O)O. The molecule has 0 aliphatic carbocycles. The van der Waals surface area contributed by atoms with Crippen molar-refractivity contribution in [2.24, 2.45) is 10.8 Å². The van der Waals surface area contributed by atoms with Gasteiger partial charge in [-0.25, -0.2) is 9.59 Å². The Morgan fingerprint density at radius 1 is 0.795 bits per heavy atom. The number of benzene rings is 1. The highest BCUT2D eigenvalue weighted by Gasteiger charge is 2.45. The highest BCUT2D eigenvalue weighted by Crippen LogP contribution is 2.33. The van der Waals surface area contributed by atoms with Crippen molar-refractivity contribution in [3.63, 3.8) is 0 Å². The van der Waals surface area contributed by atoms with Gasteiger partial charge in [-0.1, -0.05) is 47.6 Å². The molecule has 1 aromatic rings. The van der Waals surface area contributed by atoms with Gasteiger partial charge in [0.1, 0.15) is 5.60 Å². The molecule has 220 valence electrons. The Morgan fingerprint density at radius 3 is 1.69 bits per heavy atom. The topological polar surface area (TPSA) is 137 Å². The summed E-state index contributed by atoms with van der Waals surface area (Å²) in [6.45, 7) is 19.6. The summed E-state index contributed by atoms with van der Waals surface area (Å²) in [4.78, 5) is 50.2. The molecule has 0 spiro atoms. The van der Waals surface area contributed by atoms with Crippen molar-refractivity contribution in [1.29, 1.82) is 0 Å². The Balaban J connectivity index is 3.49. The van der Waals surface area contributed by atoms with E-state index in [1.165, 1.54) is 18.2 Å². The molecular weight excluding hydrogens is 506 g/mol. The van der Waals surface area contributed by atoms with E-state index >= 15 is 0 Å². The average molecular weight is 552 g/mol. The van der Waals surface area contributed by atoms with Crippen LogP contribution in [0.4, 0.5) is 4.79 Å². The minimum absolute atomic E-state index is 0.0149. The van der Waals surface area contributed by atoms with Crippen LogP contribution in [-0.4, -0.2) is 46.5 Å². The summed E-state index contributed by atoms with van der Waals surface area (Å²) in [5, 5.41) is 13.0. The molecule has 0 fully saturated rings. The van der Waals surface area contributed by atoms with Crippen LogP contribution in [0.5, 0.6) is 11.5 Å².